The fourth-order valence-corrected chi connectivity index (χ4v) is 3.96. The molecule has 0 aliphatic rings. The van der Waals surface area contributed by atoms with Crippen LogP contribution in [0.25, 0.3) is 0 Å². The van der Waals surface area contributed by atoms with E-state index in [0.29, 0.717) is 25.3 Å². The molecule has 0 radical (unpaired) electrons. The molecule has 0 bridgehead atoms. The van der Waals surface area contributed by atoms with Gasteiger partial charge in [-0.3, -0.25) is 9.59 Å². The zero-order valence-corrected chi connectivity index (χ0v) is 21.0. The Bertz CT molecular complexity index is 1100. The molecule has 0 aliphatic heterocycles. The van der Waals surface area contributed by atoms with Gasteiger partial charge in [0.2, 0.25) is 5.91 Å². The molecule has 0 aromatic heterocycles. The lowest BCUT2D eigenvalue weighted by molar-refractivity contribution is -0.142. The average molecular weight is 473 g/mol. The van der Waals surface area contributed by atoms with Crippen LogP contribution in [-0.2, 0) is 22.6 Å². The molecule has 3 aromatic carbocycles. The number of ether oxygens (including phenoxy) is 1. The Hall–Kier alpha value is -3.60. The van der Waals surface area contributed by atoms with E-state index in [0.717, 1.165) is 35.1 Å². The lowest BCUT2D eigenvalue weighted by Crippen LogP contribution is -2.52. The number of unbranched alkanes of at least 4 members (excludes halogenated alkanes) is 1. The van der Waals surface area contributed by atoms with Gasteiger partial charge in [-0.2, -0.15) is 0 Å². The van der Waals surface area contributed by atoms with Crippen molar-refractivity contribution < 1.29 is 14.3 Å². The Morgan fingerprint density at radius 3 is 2.40 bits per heavy atom. The highest BCUT2D eigenvalue weighted by Gasteiger charge is 2.30. The Morgan fingerprint density at radius 1 is 0.943 bits per heavy atom. The van der Waals surface area contributed by atoms with E-state index in [1.807, 2.05) is 92.7 Å². The first-order valence-corrected chi connectivity index (χ1v) is 12.3. The Balaban J connectivity index is 1.89. The van der Waals surface area contributed by atoms with Gasteiger partial charge in [-0.25, -0.2) is 0 Å². The maximum absolute atomic E-state index is 13.6. The van der Waals surface area contributed by atoms with Crippen molar-refractivity contribution in [2.24, 2.45) is 0 Å². The average Bonchev–Trinajstić information content (AvgIpc) is 2.86. The highest BCUT2D eigenvalue weighted by Crippen LogP contribution is 2.18. The van der Waals surface area contributed by atoms with Crippen molar-refractivity contribution in [3.05, 3.63) is 101 Å². The molecule has 3 aromatic rings. The zero-order valence-electron chi connectivity index (χ0n) is 21.0. The second-order valence-electron chi connectivity index (χ2n) is 8.90. The minimum atomic E-state index is -0.650. The molecule has 184 valence electrons. The Kier molecular flexibility index (Phi) is 9.91. The SMILES string of the molecule is CCCCNC(=O)[C@H](Cc1ccccc1)N(Cc1ccccc1C)C(=O)COc1cccc(C)c1. The predicted octanol–water partition coefficient (Wildman–Crippen LogP) is 5.24. The van der Waals surface area contributed by atoms with Gasteiger partial charge in [0.25, 0.3) is 5.91 Å². The Labute approximate surface area is 209 Å². The van der Waals surface area contributed by atoms with Crippen LogP contribution >= 0.6 is 0 Å². The zero-order chi connectivity index (χ0) is 25.0. The molecule has 0 heterocycles. The number of carbonyl (C=O) groups is 2. The largest absolute Gasteiger partial charge is 0.484 e. The highest BCUT2D eigenvalue weighted by molar-refractivity contribution is 5.88. The summed E-state index contributed by atoms with van der Waals surface area (Å²) >= 11 is 0. The summed E-state index contributed by atoms with van der Waals surface area (Å²) < 4.78 is 5.85. The van der Waals surface area contributed by atoms with Crippen molar-refractivity contribution >= 4 is 11.8 Å². The number of aryl methyl sites for hydroxylation is 2. The van der Waals surface area contributed by atoms with Crippen LogP contribution in [0.3, 0.4) is 0 Å². The van der Waals surface area contributed by atoms with Crippen molar-refractivity contribution in [3.63, 3.8) is 0 Å². The second-order valence-corrected chi connectivity index (χ2v) is 8.90. The van der Waals surface area contributed by atoms with E-state index in [9.17, 15) is 9.59 Å². The van der Waals surface area contributed by atoms with E-state index in [4.69, 9.17) is 4.74 Å². The van der Waals surface area contributed by atoms with Crippen LogP contribution in [0.1, 0.15) is 42.0 Å². The van der Waals surface area contributed by atoms with Crippen LogP contribution in [0.15, 0.2) is 78.9 Å². The van der Waals surface area contributed by atoms with Crippen molar-refractivity contribution in [2.75, 3.05) is 13.2 Å². The van der Waals surface area contributed by atoms with Gasteiger partial charge in [-0.1, -0.05) is 80.1 Å². The fourth-order valence-electron chi connectivity index (χ4n) is 3.96. The van der Waals surface area contributed by atoms with Gasteiger partial charge in [0, 0.05) is 19.5 Å². The maximum Gasteiger partial charge on any atom is 0.261 e. The molecule has 1 N–H and O–H groups in total. The van der Waals surface area contributed by atoms with Gasteiger partial charge in [0.05, 0.1) is 0 Å². The van der Waals surface area contributed by atoms with Crippen LogP contribution < -0.4 is 10.1 Å². The molecule has 3 rings (SSSR count). The van der Waals surface area contributed by atoms with E-state index >= 15 is 0 Å². The van der Waals surface area contributed by atoms with E-state index < -0.39 is 6.04 Å². The third kappa shape index (κ3) is 7.99. The highest BCUT2D eigenvalue weighted by atomic mass is 16.5. The van der Waals surface area contributed by atoms with Crippen LogP contribution in [0.2, 0.25) is 0 Å². The number of carbonyl (C=O) groups excluding carboxylic acids is 2. The standard InChI is InChI=1S/C30H36N2O3/c1-4-5-18-31-30(34)28(20-25-14-7-6-8-15-25)32(21-26-16-10-9-13-24(26)3)29(33)22-35-27-17-11-12-23(2)19-27/h6-17,19,28H,4-5,18,20-22H2,1-3H3,(H,31,34)/t28-/m0/s1. The van der Waals surface area contributed by atoms with E-state index in [1.54, 1.807) is 4.90 Å². The number of nitrogens with one attached hydrogen (secondary N) is 1. The quantitative estimate of drug-likeness (QED) is 0.367. The Morgan fingerprint density at radius 2 is 1.69 bits per heavy atom. The van der Waals surface area contributed by atoms with E-state index in [1.165, 1.54) is 0 Å². The minimum Gasteiger partial charge on any atom is -0.484 e. The molecule has 5 heteroatoms. The van der Waals surface area contributed by atoms with Crippen molar-refractivity contribution in [1.29, 1.82) is 0 Å². The monoisotopic (exact) mass is 472 g/mol. The third-order valence-electron chi connectivity index (χ3n) is 6.05. The van der Waals surface area contributed by atoms with Gasteiger partial charge in [0.1, 0.15) is 11.8 Å². The number of benzene rings is 3. The maximum atomic E-state index is 13.6. The molecular weight excluding hydrogens is 436 g/mol. The van der Waals surface area contributed by atoms with Crippen LogP contribution in [0.5, 0.6) is 5.75 Å². The van der Waals surface area contributed by atoms with Gasteiger partial charge in [-0.15, -0.1) is 0 Å². The summed E-state index contributed by atoms with van der Waals surface area (Å²) in [6.07, 6.45) is 2.31. The fraction of sp³-hybridized carbons (Fsp3) is 0.333. The van der Waals surface area contributed by atoms with Crippen molar-refractivity contribution in [3.8, 4) is 5.75 Å². The first-order valence-electron chi connectivity index (χ1n) is 12.3. The molecule has 5 nitrogen and oxygen atoms in total. The van der Waals surface area contributed by atoms with E-state index in [-0.39, 0.29) is 18.4 Å². The number of nitrogens with zero attached hydrogens (tertiary/aromatic N) is 1. The van der Waals surface area contributed by atoms with E-state index in [2.05, 4.69) is 12.2 Å². The second kappa shape index (κ2) is 13.3. The number of hydrogen-bond acceptors (Lipinski definition) is 3. The summed E-state index contributed by atoms with van der Waals surface area (Å²) in [6.45, 7) is 6.88. The summed E-state index contributed by atoms with van der Waals surface area (Å²) in [6, 6.07) is 24.8. The molecule has 1 atom stereocenters. The van der Waals surface area contributed by atoms with Gasteiger partial charge in [0.15, 0.2) is 6.61 Å². The summed E-state index contributed by atoms with van der Waals surface area (Å²) in [5.41, 5.74) is 4.15. The summed E-state index contributed by atoms with van der Waals surface area (Å²) in [5.74, 6) is 0.280. The van der Waals surface area contributed by atoms with Gasteiger partial charge < -0.3 is 15.0 Å². The van der Waals surface area contributed by atoms with Crippen molar-refractivity contribution in [1.82, 2.24) is 10.2 Å². The summed E-state index contributed by atoms with van der Waals surface area (Å²) in [5, 5.41) is 3.05. The number of rotatable bonds is 12. The molecule has 0 saturated carbocycles. The molecule has 35 heavy (non-hydrogen) atoms. The molecule has 0 unspecified atom stereocenters. The number of amides is 2. The molecular formula is C30H36N2O3. The molecule has 0 aliphatic carbocycles. The smallest absolute Gasteiger partial charge is 0.261 e. The summed E-state index contributed by atoms with van der Waals surface area (Å²) in [4.78, 5) is 28.7. The third-order valence-corrected chi connectivity index (χ3v) is 6.05. The first kappa shape index (κ1) is 26.0. The predicted molar refractivity (Wildman–Crippen MR) is 140 cm³/mol. The first-order chi connectivity index (χ1) is 17.0. The lowest BCUT2D eigenvalue weighted by Gasteiger charge is -2.32. The lowest BCUT2D eigenvalue weighted by atomic mass is 10.0. The van der Waals surface area contributed by atoms with Crippen LogP contribution in [0, 0.1) is 13.8 Å². The topological polar surface area (TPSA) is 58.6 Å². The van der Waals surface area contributed by atoms with Gasteiger partial charge >= 0.3 is 0 Å². The number of hydrogen-bond donors (Lipinski definition) is 1. The summed E-state index contributed by atoms with van der Waals surface area (Å²) in [7, 11) is 0. The van der Waals surface area contributed by atoms with Gasteiger partial charge in [-0.05, 0) is 54.7 Å². The van der Waals surface area contributed by atoms with Crippen LogP contribution in [0.4, 0.5) is 0 Å². The molecule has 0 fully saturated rings. The van der Waals surface area contributed by atoms with Crippen molar-refractivity contribution in [2.45, 2.75) is 52.6 Å². The normalized spacial score (nSPS) is 11.5. The minimum absolute atomic E-state index is 0.136. The molecule has 0 spiro atoms. The molecule has 0 saturated heterocycles. The van der Waals surface area contributed by atoms with Crippen LogP contribution in [-0.4, -0.2) is 35.9 Å². The molecule has 2 amide bonds.